The van der Waals surface area contributed by atoms with Crippen LogP contribution in [0.4, 0.5) is 17.5 Å². The Kier molecular flexibility index (Phi) is 29.0. The molecule has 5 saturated carbocycles. The molecule has 0 radical (unpaired) electrons. The lowest BCUT2D eigenvalue weighted by molar-refractivity contribution is 0.00791. The molecule has 20 rings (SSSR count). The number of nitrogens with zero attached hydrogens (tertiary/aromatic N) is 15. The molecule has 0 amide bonds. The molecule has 0 bridgehead atoms. The third kappa shape index (κ3) is 22.0. The van der Waals surface area contributed by atoms with Crippen molar-refractivity contribution in [2.75, 3.05) is 121 Å². The smallest absolute Gasteiger partial charge is 0.224 e. The monoisotopic (exact) mass is 1560 g/mol. The van der Waals surface area contributed by atoms with Gasteiger partial charge in [0, 0.05) is 130 Å². The molecule has 5 N–H and O–H groups in total. The fourth-order valence-electron chi connectivity index (χ4n) is 19.8. The van der Waals surface area contributed by atoms with Crippen molar-refractivity contribution in [3.05, 3.63) is 153 Å². The zero-order valence-corrected chi connectivity index (χ0v) is 67.8. The predicted molar refractivity (Wildman–Crippen MR) is 462 cm³/mol. The van der Waals surface area contributed by atoms with Crippen molar-refractivity contribution in [2.45, 2.75) is 227 Å². The maximum absolute atomic E-state index is 6.23. The lowest BCUT2D eigenvalue weighted by atomic mass is 9.89. The molecule has 10 aliphatic rings. The molecule has 5 aromatic carbocycles. The molecule has 5 aliphatic heterocycles. The van der Waals surface area contributed by atoms with E-state index in [4.69, 9.17) is 14.2 Å². The quantitative estimate of drug-likeness (QED) is 0.0642. The standard InChI is InChI=1S/C19H26N4.C19H25N3O.C18H25N5.2C18H24N4O/c1-4-12-23(13-5-1)16-10-8-15(9-11-16)22-19-17-6-2-3-7-18(17)20-14-21-19;1-4-12-22(13-5-1)15-8-10-16(11-9-15)23-19-17-6-2-3-7-18(17)20-14-21-19;1-2-4-17-16(3-1)18(21-13-20-17)22-14-5-7-15(8-6-14)23-11-9-19-10-12-23;1-2-4-17-16(3-1)18(20-13-19-17)21-14-5-7-15(8-6-14)22-9-11-23-12-10-22;1-2-4-17-16(3-1)18(21-13-20-17)23-15-7-5-14(6-8-15)22-11-9-19-10-12-22/h2-3,6-7,14-16H,1,4-5,8-13H2,(H,20,21,22);2-3,6-7,14-16H,1,4-5,8-13H2;1-4,13-15,19H,5-12H2,(H,20,21,22);1-4,13-15H,5-12H2,(H,19,20,21);1-4,13-15,19H,5-12H2. The lowest BCUT2D eigenvalue weighted by Gasteiger charge is -2.39. The fourth-order valence-corrected chi connectivity index (χ4v) is 19.8. The SMILES string of the molecule is c1ccc2c(NC3CCC(N4CCCCC4)CC3)ncnc2c1.c1ccc2c(NC3CCC(N4CCNCC4)CC3)ncnc2c1.c1ccc2c(NC3CCC(N4CCOCC4)CC3)ncnc2c1.c1ccc2c(OC3CCC(N4CCCCC4)CC3)ncnc2c1.c1ccc2c(OC3CCC(N4CCNCC4)CC3)ncnc2c1. The van der Waals surface area contributed by atoms with Gasteiger partial charge in [0.1, 0.15) is 61.3 Å². The van der Waals surface area contributed by atoms with Crippen molar-refractivity contribution in [1.29, 1.82) is 0 Å². The summed E-state index contributed by atoms with van der Waals surface area (Å²) < 4.78 is 17.9. The van der Waals surface area contributed by atoms with Crippen molar-refractivity contribution < 1.29 is 14.2 Å². The highest BCUT2D eigenvalue weighted by Gasteiger charge is 2.33. The number of piperazine rings is 2. The number of ether oxygens (including phenoxy) is 3. The Labute approximate surface area is 680 Å². The second-order valence-electron chi connectivity index (χ2n) is 33.6. The van der Waals surface area contributed by atoms with Gasteiger partial charge in [0.2, 0.25) is 11.8 Å². The summed E-state index contributed by atoms with van der Waals surface area (Å²) in [6, 6.07) is 46.3. The van der Waals surface area contributed by atoms with E-state index in [2.05, 4.69) is 137 Å². The summed E-state index contributed by atoms with van der Waals surface area (Å²) in [6.07, 6.45) is 41.8. The van der Waals surface area contributed by atoms with Crippen LogP contribution in [-0.2, 0) is 4.74 Å². The number of fused-ring (bicyclic) bond motifs is 5. The molecule has 10 heterocycles. The normalized spacial score (nSPS) is 26.3. The number of piperidine rings is 2. The third-order valence-corrected chi connectivity index (χ3v) is 26.3. The molecule has 5 saturated heterocycles. The van der Waals surface area contributed by atoms with E-state index < -0.39 is 0 Å². The number of hydrogen-bond donors (Lipinski definition) is 5. The summed E-state index contributed by atoms with van der Waals surface area (Å²) in [4.78, 5) is 57.2. The number of para-hydroxylation sites is 5. The predicted octanol–water partition coefficient (Wildman–Crippen LogP) is 14.8. The van der Waals surface area contributed by atoms with E-state index in [0.29, 0.717) is 24.2 Å². The van der Waals surface area contributed by atoms with Crippen molar-refractivity contribution in [1.82, 2.24) is 85.0 Å². The number of anilines is 3. The molecular formula is C92H124N20O3. The van der Waals surface area contributed by atoms with Crippen LogP contribution in [0, 0.1) is 0 Å². The van der Waals surface area contributed by atoms with Gasteiger partial charge < -0.3 is 50.6 Å². The Morgan fingerprint density at radius 1 is 0.270 bits per heavy atom. The summed E-state index contributed by atoms with van der Waals surface area (Å²) in [7, 11) is 0. The van der Waals surface area contributed by atoms with Gasteiger partial charge in [0.05, 0.1) is 51.6 Å². The van der Waals surface area contributed by atoms with Crippen LogP contribution in [0.15, 0.2) is 153 Å². The molecule has 23 nitrogen and oxygen atoms in total. The van der Waals surface area contributed by atoms with Gasteiger partial charge in [-0.3, -0.25) is 14.7 Å². The van der Waals surface area contributed by atoms with Crippen LogP contribution in [0.1, 0.15) is 167 Å². The highest BCUT2D eigenvalue weighted by Crippen LogP contribution is 2.36. The molecule has 0 atom stereocenters. The van der Waals surface area contributed by atoms with Crippen molar-refractivity contribution >= 4 is 72.0 Å². The zero-order chi connectivity index (χ0) is 77.4. The maximum Gasteiger partial charge on any atom is 0.224 e. The second-order valence-corrected chi connectivity index (χ2v) is 33.6. The van der Waals surface area contributed by atoms with Gasteiger partial charge in [-0.1, -0.05) is 73.5 Å². The van der Waals surface area contributed by atoms with Crippen molar-refractivity contribution in [2.24, 2.45) is 0 Å². The highest BCUT2D eigenvalue weighted by molar-refractivity contribution is 5.90. The van der Waals surface area contributed by atoms with Gasteiger partial charge in [0.15, 0.2) is 0 Å². The Morgan fingerprint density at radius 2 is 0.530 bits per heavy atom. The topological polar surface area (TPSA) is 233 Å². The van der Waals surface area contributed by atoms with E-state index in [1.54, 1.807) is 31.6 Å². The van der Waals surface area contributed by atoms with Crippen LogP contribution >= 0.6 is 0 Å². The van der Waals surface area contributed by atoms with Crippen molar-refractivity contribution in [3.63, 3.8) is 0 Å². The maximum atomic E-state index is 6.23. The average Bonchev–Trinajstić information content (AvgIpc) is 0.835. The first-order valence-corrected chi connectivity index (χ1v) is 44.3. The number of hydrogen-bond acceptors (Lipinski definition) is 23. The lowest BCUT2D eigenvalue weighted by Crippen LogP contribution is -2.50. The van der Waals surface area contributed by atoms with Crippen molar-refractivity contribution in [3.8, 4) is 11.8 Å². The van der Waals surface area contributed by atoms with Gasteiger partial charge in [-0.15, -0.1) is 0 Å². The van der Waals surface area contributed by atoms with Gasteiger partial charge in [-0.25, -0.2) is 49.8 Å². The summed E-state index contributed by atoms with van der Waals surface area (Å²) >= 11 is 0. The van der Waals surface area contributed by atoms with Crippen LogP contribution in [0.5, 0.6) is 11.8 Å². The summed E-state index contributed by atoms with van der Waals surface area (Å²) in [5, 5.41) is 23.3. The first kappa shape index (κ1) is 80.3. The molecule has 5 aliphatic carbocycles. The van der Waals surface area contributed by atoms with Gasteiger partial charge in [-0.2, -0.15) is 0 Å². The van der Waals surface area contributed by atoms with E-state index in [1.807, 2.05) is 84.9 Å². The molecule has 0 unspecified atom stereocenters. The number of likely N-dealkylation sites (tertiary alicyclic amines) is 2. The van der Waals surface area contributed by atoms with E-state index in [1.165, 1.54) is 194 Å². The van der Waals surface area contributed by atoms with Crippen LogP contribution in [-0.4, -0.2) is 240 Å². The Hall–Kier alpha value is -8.52. The number of aromatic nitrogens is 10. The highest BCUT2D eigenvalue weighted by atomic mass is 16.5. The molecular weight excluding hydrogens is 1430 g/mol. The minimum Gasteiger partial charge on any atom is -0.474 e. The number of morpholine rings is 1. The minimum atomic E-state index is 0.285. The van der Waals surface area contributed by atoms with Crippen LogP contribution in [0.25, 0.3) is 54.5 Å². The van der Waals surface area contributed by atoms with Crippen LogP contribution < -0.4 is 36.1 Å². The Bertz CT molecular complexity index is 3880. The Balaban J connectivity index is 0.000000108. The molecule has 0 spiro atoms. The first-order valence-electron chi connectivity index (χ1n) is 44.3. The Morgan fingerprint density at radius 3 is 0.852 bits per heavy atom. The van der Waals surface area contributed by atoms with Crippen LogP contribution in [0.3, 0.4) is 0 Å². The number of benzene rings is 5. The average molecular weight is 1560 g/mol. The molecule has 10 fully saturated rings. The first-order chi connectivity index (χ1) is 57.0. The summed E-state index contributed by atoms with van der Waals surface area (Å²) in [5.41, 5.74) is 4.95. The third-order valence-electron chi connectivity index (χ3n) is 26.3. The summed E-state index contributed by atoms with van der Waals surface area (Å²) in [5.74, 6) is 4.45. The molecule has 115 heavy (non-hydrogen) atoms. The van der Waals surface area contributed by atoms with Crippen LogP contribution in [0.2, 0.25) is 0 Å². The van der Waals surface area contributed by atoms with E-state index in [9.17, 15) is 0 Å². The largest absolute Gasteiger partial charge is 0.474 e. The van der Waals surface area contributed by atoms with E-state index >= 15 is 0 Å². The van der Waals surface area contributed by atoms with E-state index in [0.717, 1.165) is 192 Å². The number of rotatable bonds is 15. The molecule has 5 aromatic heterocycles. The number of nitrogens with one attached hydrogen (secondary N) is 5. The molecule has 10 aromatic rings. The van der Waals surface area contributed by atoms with Gasteiger partial charge in [-0.05, 0) is 241 Å². The van der Waals surface area contributed by atoms with E-state index in [-0.39, 0.29) is 6.10 Å². The molecule has 23 heteroatoms. The molecule has 610 valence electrons. The second kappa shape index (κ2) is 41.5. The zero-order valence-electron chi connectivity index (χ0n) is 67.8. The fraction of sp³-hybridized carbons (Fsp3) is 0.565. The summed E-state index contributed by atoms with van der Waals surface area (Å²) in [6.45, 7) is 18.5. The van der Waals surface area contributed by atoms with Gasteiger partial charge in [0.25, 0.3) is 0 Å². The van der Waals surface area contributed by atoms with Gasteiger partial charge >= 0.3 is 0 Å². The minimum absolute atomic E-state index is 0.285.